The minimum absolute atomic E-state index is 0.00892. The Morgan fingerprint density at radius 3 is 2.50 bits per heavy atom. The molecule has 0 radical (unpaired) electrons. The van der Waals surface area contributed by atoms with Crippen molar-refractivity contribution in [1.29, 1.82) is 0 Å². The van der Waals surface area contributed by atoms with Gasteiger partial charge in [-0.15, -0.1) is 0 Å². The summed E-state index contributed by atoms with van der Waals surface area (Å²) in [7, 11) is 0.608. The Labute approximate surface area is 223 Å². The molecule has 0 fully saturated rings. The quantitative estimate of drug-likeness (QED) is 0.318. The van der Waals surface area contributed by atoms with Crippen molar-refractivity contribution in [2.24, 2.45) is 0 Å². The molecule has 0 unspecified atom stereocenters. The summed E-state index contributed by atoms with van der Waals surface area (Å²) >= 11 is 5.95. The monoisotopic (exact) mass is 584 g/mol. The van der Waals surface area contributed by atoms with Gasteiger partial charge in [-0.05, 0) is 45.3 Å². The highest BCUT2D eigenvalue weighted by molar-refractivity contribution is 7.87. The van der Waals surface area contributed by atoms with Crippen LogP contribution in [0, 0.1) is 0 Å². The van der Waals surface area contributed by atoms with E-state index in [2.05, 4.69) is 9.71 Å². The van der Waals surface area contributed by atoms with Gasteiger partial charge in [0.25, 0.3) is 0 Å². The third-order valence-corrected chi connectivity index (χ3v) is 6.53. The van der Waals surface area contributed by atoms with Gasteiger partial charge in [0, 0.05) is 31.5 Å². The number of rotatable bonds is 14. The molecule has 1 aromatic carbocycles. The second-order valence-electron chi connectivity index (χ2n) is 8.07. The highest BCUT2D eigenvalue weighted by atomic mass is 35.5. The molecule has 0 aliphatic heterocycles. The molecule has 0 aliphatic carbocycles. The molecule has 2 N–H and O–H groups in total. The molecule has 212 valence electrons. The molecular formula is C22H28ClF3N4O7S. The van der Waals surface area contributed by atoms with Crippen LogP contribution in [0.25, 0.3) is 0 Å². The van der Waals surface area contributed by atoms with E-state index >= 15 is 0 Å². The zero-order valence-corrected chi connectivity index (χ0v) is 22.4. The van der Waals surface area contributed by atoms with E-state index < -0.39 is 45.5 Å². The van der Waals surface area contributed by atoms with Crippen LogP contribution >= 0.6 is 11.6 Å². The van der Waals surface area contributed by atoms with Gasteiger partial charge >= 0.3 is 22.5 Å². The number of alkyl halides is 3. The van der Waals surface area contributed by atoms with E-state index in [1.54, 1.807) is 14.1 Å². The van der Waals surface area contributed by atoms with Crippen LogP contribution in [0.5, 0.6) is 17.4 Å². The van der Waals surface area contributed by atoms with E-state index in [1.165, 1.54) is 25.3 Å². The maximum absolute atomic E-state index is 13.0. The first-order valence-electron chi connectivity index (χ1n) is 11.0. The number of benzene rings is 1. The fourth-order valence-electron chi connectivity index (χ4n) is 2.94. The van der Waals surface area contributed by atoms with Crippen LogP contribution in [0.1, 0.15) is 17.5 Å². The first-order valence-corrected chi connectivity index (χ1v) is 12.9. The maximum atomic E-state index is 13.0. The van der Waals surface area contributed by atoms with Gasteiger partial charge in [0.05, 0.1) is 18.7 Å². The Hall–Kier alpha value is -2.85. The lowest BCUT2D eigenvalue weighted by Crippen LogP contribution is -2.44. The van der Waals surface area contributed by atoms with Gasteiger partial charge in [0.1, 0.15) is 23.1 Å². The summed E-state index contributed by atoms with van der Waals surface area (Å²) in [5.74, 6) is -0.319. The fourth-order valence-corrected chi connectivity index (χ4v) is 4.21. The predicted octanol–water partition coefficient (Wildman–Crippen LogP) is 3.84. The van der Waals surface area contributed by atoms with Crippen LogP contribution in [0.2, 0.25) is 5.02 Å². The summed E-state index contributed by atoms with van der Waals surface area (Å²) in [6, 6.07) is 4.72. The summed E-state index contributed by atoms with van der Waals surface area (Å²) in [4.78, 5) is 17.3. The number of amides is 1. The van der Waals surface area contributed by atoms with Gasteiger partial charge in [-0.3, -0.25) is 0 Å². The van der Waals surface area contributed by atoms with Crippen LogP contribution in [0.3, 0.4) is 0 Å². The van der Waals surface area contributed by atoms with Crippen molar-refractivity contribution >= 4 is 27.9 Å². The Kier molecular flexibility index (Phi) is 11.4. The van der Waals surface area contributed by atoms with Crippen molar-refractivity contribution in [2.75, 3.05) is 47.5 Å². The zero-order chi connectivity index (χ0) is 28.5. The van der Waals surface area contributed by atoms with E-state index in [4.69, 9.17) is 25.8 Å². The van der Waals surface area contributed by atoms with Gasteiger partial charge in [-0.2, -0.15) is 30.6 Å². The molecule has 0 spiro atoms. The second-order valence-corrected chi connectivity index (χ2v) is 10.2. The number of carbonyl (C=O) groups is 1. The van der Waals surface area contributed by atoms with Crippen molar-refractivity contribution in [2.45, 2.75) is 19.1 Å². The number of nitrogens with zero attached hydrogens (tertiary/aromatic N) is 3. The average Bonchev–Trinajstić information content (AvgIpc) is 2.81. The average molecular weight is 585 g/mol. The van der Waals surface area contributed by atoms with E-state index in [0.717, 1.165) is 0 Å². The molecule has 0 saturated carbocycles. The molecular weight excluding hydrogens is 557 g/mol. The lowest BCUT2D eigenvalue weighted by Gasteiger charge is -2.22. The van der Waals surface area contributed by atoms with Crippen molar-refractivity contribution in [1.82, 2.24) is 18.9 Å². The summed E-state index contributed by atoms with van der Waals surface area (Å²) in [5.41, 5.74) is -1.06. The smallest absolute Gasteiger partial charge is 0.422 e. The van der Waals surface area contributed by atoms with Gasteiger partial charge in [0.15, 0.2) is 0 Å². The number of methoxy groups -OCH3 is 1. The molecule has 0 saturated heterocycles. The second kappa shape index (κ2) is 13.8. The van der Waals surface area contributed by atoms with E-state index in [0.29, 0.717) is 25.2 Å². The molecule has 16 heteroatoms. The lowest BCUT2D eigenvalue weighted by molar-refractivity contribution is -0.137. The SMILES string of the molecule is COCCOc1ccc(CN(C(=O)O)S(=O)(=O)NCCCN(C)C)c(Oc2ncc(C(F)(F)F)cc2Cl)c1. The molecule has 0 aliphatic rings. The van der Waals surface area contributed by atoms with Crippen molar-refractivity contribution in [3.63, 3.8) is 0 Å². The largest absolute Gasteiger partial charge is 0.491 e. The Balaban J connectivity index is 2.38. The van der Waals surface area contributed by atoms with E-state index in [9.17, 15) is 31.5 Å². The fraction of sp³-hybridized carbons (Fsp3) is 0.455. The summed E-state index contributed by atoms with van der Waals surface area (Å²) in [6.07, 6.45) is -5.50. The minimum Gasteiger partial charge on any atom is -0.491 e. The van der Waals surface area contributed by atoms with Gasteiger partial charge < -0.3 is 24.2 Å². The summed E-state index contributed by atoms with van der Waals surface area (Å²) < 4.78 is 82.8. The number of hydrogen-bond donors (Lipinski definition) is 2. The first kappa shape index (κ1) is 31.4. The summed E-state index contributed by atoms with van der Waals surface area (Å²) in [6.45, 7) is 0.254. The highest BCUT2D eigenvalue weighted by Crippen LogP contribution is 2.36. The Bertz CT molecular complexity index is 1200. The topological polar surface area (TPSA) is 131 Å². The van der Waals surface area contributed by atoms with Crippen LogP contribution < -0.4 is 14.2 Å². The number of hydrogen-bond acceptors (Lipinski definition) is 8. The molecule has 11 nitrogen and oxygen atoms in total. The molecule has 0 atom stereocenters. The number of carboxylic acid groups (broad SMARTS) is 1. The van der Waals surface area contributed by atoms with Crippen LogP contribution in [0.4, 0.5) is 18.0 Å². The number of ether oxygens (including phenoxy) is 3. The van der Waals surface area contributed by atoms with Crippen LogP contribution in [-0.2, 0) is 27.7 Å². The zero-order valence-electron chi connectivity index (χ0n) is 20.8. The molecule has 0 bridgehead atoms. The molecule has 1 amide bonds. The number of nitrogens with one attached hydrogen (secondary N) is 1. The van der Waals surface area contributed by atoms with E-state index in [1.807, 2.05) is 4.90 Å². The van der Waals surface area contributed by atoms with Crippen LogP contribution in [0.15, 0.2) is 30.5 Å². The molecule has 1 aromatic heterocycles. The number of aromatic nitrogens is 1. The highest BCUT2D eigenvalue weighted by Gasteiger charge is 2.32. The first-order chi connectivity index (χ1) is 17.7. The van der Waals surface area contributed by atoms with Gasteiger partial charge in [-0.25, -0.2) is 9.78 Å². The standard InChI is InChI=1S/C22H28ClF3N4O7S/c1-29(2)8-4-7-28-38(33,34)30(21(31)32)14-15-5-6-17(36-10-9-35-3)12-19(15)37-20-18(23)11-16(13-27-20)22(24,25)26/h5-6,11-13,28H,4,7-10,14H2,1-3H3,(H,31,32). The third kappa shape index (κ3) is 9.47. The Morgan fingerprint density at radius 2 is 1.92 bits per heavy atom. The molecule has 2 rings (SSSR count). The van der Waals surface area contributed by atoms with Crippen molar-refractivity contribution in [3.05, 3.63) is 46.6 Å². The Morgan fingerprint density at radius 1 is 1.21 bits per heavy atom. The number of halogens is 4. The van der Waals surface area contributed by atoms with Crippen LogP contribution in [-0.4, -0.2) is 81.3 Å². The normalized spacial score (nSPS) is 12.0. The predicted molar refractivity (Wildman–Crippen MR) is 132 cm³/mol. The molecule has 2 aromatic rings. The van der Waals surface area contributed by atoms with Crippen molar-refractivity contribution < 1.29 is 45.7 Å². The number of pyridine rings is 1. The minimum atomic E-state index is -4.69. The van der Waals surface area contributed by atoms with E-state index in [-0.39, 0.29) is 41.1 Å². The van der Waals surface area contributed by atoms with Gasteiger partial charge in [0.2, 0.25) is 5.88 Å². The molecule has 1 heterocycles. The van der Waals surface area contributed by atoms with Crippen molar-refractivity contribution in [3.8, 4) is 17.4 Å². The lowest BCUT2D eigenvalue weighted by atomic mass is 10.2. The maximum Gasteiger partial charge on any atom is 0.422 e. The molecule has 38 heavy (non-hydrogen) atoms. The third-order valence-electron chi connectivity index (χ3n) is 4.82. The van der Waals surface area contributed by atoms with Gasteiger partial charge in [-0.1, -0.05) is 11.6 Å². The summed E-state index contributed by atoms with van der Waals surface area (Å²) in [5, 5.41) is 9.15.